The van der Waals surface area contributed by atoms with Crippen LogP contribution in [0.2, 0.25) is 0 Å². The van der Waals surface area contributed by atoms with Gasteiger partial charge < -0.3 is 19.3 Å². The Kier molecular flexibility index (Phi) is 7.90. The number of aromatic hydroxyl groups is 1. The van der Waals surface area contributed by atoms with Gasteiger partial charge in [0, 0.05) is 51.6 Å². The number of amides is 1. The SMILES string of the molecule is CC(C)(C)OC(=O)N1CCN(Cc2ccn(Cc3ccc(I)c(I)c3)c(=O)c2O)CC1. The highest BCUT2D eigenvalue weighted by Gasteiger charge is 2.26. The topological polar surface area (TPSA) is 75.0 Å². The number of piperazine rings is 1. The number of benzene rings is 1. The van der Waals surface area contributed by atoms with Gasteiger partial charge in [-0.3, -0.25) is 9.69 Å². The third kappa shape index (κ3) is 6.58. The third-order valence-corrected chi connectivity index (χ3v) is 7.84. The zero-order chi connectivity index (χ0) is 22.8. The van der Waals surface area contributed by atoms with Gasteiger partial charge in [0.15, 0.2) is 5.75 Å². The first kappa shape index (κ1) is 24.3. The zero-order valence-electron chi connectivity index (χ0n) is 17.9. The van der Waals surface area contributed by atoms with Crippen molar-refractivity contribution >= 4 is 51.3 Å². The molecule has 2 heterocycles. The Morgan fingerprint density at radius 2 is 1.74 bits per heavy atom. The molecule has 1 aliphatic rings. The van der Waals surface area contributed by atoms with Crippen molar-refractivity contribution in [2.24, 2.45) is 0 Å². The van der Waals surface area contributed by atoms with Crippen LogP contribution in [0.25, 0.3) is 0 Å². The van der Waals surface area contributed by atoms with E-state index in [1.165, 1.54) is 8.14 Å². The van der Waals surface area contributed by atoms with Gasteiger partial charge in [-0.1, -0.05) is 6.07 Å². The predicted molar refractivity (Wildman–Crippen MR) is 136 cm³/mol. The van der Waals surface area contributed by atoms with Crippen molar-refractivity contribution < 1.29 is 14.6 Å². The molecule has 1 N–H and O–H groups in total. The summed E-state index contributed by atoms with van der Waals surface area (Å²) in [4.78, 5) is 28.7. The van der Waals surface area contributed by atoms with Gasteiger partial charge in [-0.05, 0) is 89.7 Å². The van der Waals surface area contributed by atoms with Gasteiger partial charge in [0.2, 0.25) is 0 Å². The summed E-state index contributed by atoms with van der Waals surface area (Å²) < 4.78 is 9.25. The lowest BCUT2D eigenvalue weighted by atomic mass is 10.2. The first-order valence-electron chi connectivity index (χ1n) is 10.1. The van der Waals surface area contributed by atoms with Crippen LogP contribution in [0.4, 0.5) is 4.79 Å². The molecule has 0 aliphatic carbocycles. The van der Waals surface area contributed by atoms with Gasteiger partial charge in [0.1, 0.15) is 5.60 Å². The molecule has 1 aromatic heterocycles. The van der Waals surface area contributed by atoms with Crippen LogP contribution < -0.4 is 5.56 Å². The minimum atomic E-state index is -0.513. The molecule has 1 amide bonds. The minimum Gasteiger partial charge on any atom is -0.503 e. The fraction of sp³-hybridized carbons (Fsp3) is 0.455. The van der Waals surface area contributed by atoms with Gasteiger partial charge in [-0.25, -0.2) is 4.79 Å². The van der Waals surface area contributed by atoms with Crippen molar-refractivity contribution in [3.05, 3.63) is 59.1 Å². The number of hydrogen-bond donors (Lipinski definition) is 1. The number of carbonyl (C=O) groups is 1. The number of ether oxygens (including phenoxy) is 1. The Bertz CT molecular complexity index is 1010. The van der Waals surface area contributed by atoms with Crippen molar-refractivity contribution in [3.8, 4) is 5.75 Å². The Balaban J connectivity index is 1.62. The smallest absolute Gasteiger partial charge is 0.410 e. The molecule has 1 saturated heterocycles. The average molecular weight is 651 g/mol. The number of nitrogens with zero attached hydrogens (tertiary/aromatic N) is 3. The number of aromatic nitrogens is 1. The standard InChI is InChI=1S/C22H27I2N3O4/c1-22(2,3)31-21(30)26-10-8-25(9-11-26)14-16-6-7-27(20(29)19(16)28)13-15-4-5-17(23)18(24)12-15/h4-7,12,28H,8-11,13-14H2,1-3H3. The quantitative estimate of drug-likeness (QED) is 0.509. The van der Waals surface area contributed by atoms with Crippen LogP contribution in [0.5, 0.6) is 5.75 Å². The van der Waals surface area contributed by atoms with E-state index < -0.39 is 11.2 Å². The number of hydrogen-bond acceptors (Lipinski definition) is 5. The Hall–Kier alpha value is -1.34. The van der Waals surface area contributed by atoms with Crippen LogP contribution in [0, 0.1) is 7.14 Å². The number of halogens is 2. The van der Waals surface area contributed by atoms with E-state index in [-0.39, 0.29) is 11.8 Å². The molecule has 3 rings (SSSR count). The van der Waals surface area contributed by atoms with Crippen LogP contribution in [0.1, 0.15) is 31.9 Å². The second-order valence-electron chi connectivity index (χ2n) is 8.61. The number of pyridine rings is 1. The second-order valence-corrected chi connectivity index (χ2v) is 10.9. The fourth-order valence-corrected chi connectivity index (χ4v) is 4.26. The molecule has 7 nitrogen and oxygen atoms in total. The van der Waals surface area contributed by atoms with Gasteiger partial charge in [0.25, 0.3) is 5.56 Å². The van der Waals surface area contributed by atoms with E-state index in [2.05, 4.69) is 50.1 Å². The van der Waals surface area contributed by atoms with Crippen molar-refractivity contribution in [3.63, 3.8) is 0 Å². The molecule has 0 radical (unpaired) electrons. The molecule has 9 heteroatoms. The summed E-state index contributed by atoms with van der Waals surface area (Å²) in [5, 5.41) is 10.5. The molecule has 168 valence electrons. The molecule has 0 spiro atoms. The van der Waals surface area contributed by atoms with Gasteiger partial charge in [0.05, 0.1) is 6.54 Å². The Labute approximate surface area is 209 Å². The van der Waals surface area contributed by atoms with E-state index in [0.29, 0.717) is 44.8 Å². The maximum absolute atomic E-state index is 12.7. The second kappa shape index (κ2) is 10.1. The average Bonchev–Trinajstić information content (AvgIpc) is 2.69. The summed E-state index contributed by atoms with van der Waals surface area (Å²) in [6, 6.07) is 7.86. The molecule has 1 aliphatic heterocycles. The number of carbonyl (C=O) groups excluding carboxylic acids is 1. The lowest BCUT2D eigenvalue weighted by molar-refractivity contribution is 0.0138. The van der Waals surface area contributed by atoms with Crippen molar-refractivity contribution in [2.75, 3.05) is 26.2 Å². The molecular formula is C22H27I2N3O4. The van der Waals surface area contributed by atoms with E-state index in [4.69, 9.17) is 4.74 Å². The minimum absolute atomic E-state index is 0.211. The van der Waals surface area contributed by atoms with Crippen molar-refractivity contribution in [1.82, 2.24) is 14.4 Å². The van der Waals surface area contributed by atoms with E-state index in [0.717, 1.165) is 9.13 Å². The molecule has 0 bridgehead atoms. The summed E-state index contributed by atoms with van der Waals surface area (Å²) in [6.07, 6.45) is 1.43. The van der Waals surface area contributed by atoms with Gasteiger partial charge in [-0.2, -0.15) is 0 Å². The number of rotatable bonds is 4. The maximum Gasteiger partial charge on any atom is 0.410 e. The lowest BCUT2D eigenvalue weighted by Crippen LogP contribution is -2.49. The normalized spacial score (nSPS) is 15.2. The van der Waals surface area contributed by atoms with Crippen LogP contribution >= 0.6 is 45.2 Å². The third-order valence-electron chi connectivity index (χ3n) is 4.98. The molecule has 31 heavy (non-hydrogen) atoms. The first-order valence-corrected chi connectivity index (χ1v) is 12.2. The first-order chi connectivity index (χ1) is 14.5. The molecular weight excluding hydrogens is 624 g/mol. The van der Waals surface area contributed by atoms with E-state index >= 15 is 0 Å². The van der Waals surface area contributed by atoms with E-state index in [9.17, 15) is 14.7 Å². The van der Waals surface area contributed by atoms with E-state index in [1.54, 1.807) is 17.2 Å². The van der Waals surface area contributed by atoms with Crippen molar-refractivity contribution in [1.29, 1.82) is 0 Å². The highest BCUT2D eigenvalue weighted by Crippen LogP contribution is 2.19. The largest absolute Gasteiger partial charge is 0.503 e. The molecule has 0 atom stereocenters. The summed E-state index contributed by atoms with van der Waals surface area (Å²) in [6.45, 7) is 8.85. The molecule has 2 aromatic rings. The molecule has 1 fully saturated rings. The molecule has 1 aromatic carbocycles. The summed E-state index contributed by atoms with van der Waals surface area (Å²) in [5.74, 6) is -0.211. The van der Waals surface area contributed by atoms with Crippen LogP contribution in [-0.4, -0.2) is 57.3 Å². The van der Waals surface area contributed by atoms with E-state index in [1.807, 2.05) is 39.0 Å². The molecule has 0 saturated carbocycles. The van der Waals surface area contributed by atoms with Crippen molar-refractivity contribution in [2.45, 2.75) is 39.5 Å². The fourth-order valence-electron chi connectivity index (χ4n) is 3.34. The van der Waals surface area contributed by atoms with Gasteiger partial charge >= 0.3 is 6.09 Å². The van der Waals surface area contributed by atoms with Crippen LogP contribution in [-0.2, 0) is 17.8 Å². The highest BCUT2D eigenvalue weighted by molar-refractivity contribution is 14.1. The Morgan fingerprint density at radius 1 is 1.06 bits per heavy atom. The summed E-state index contributed by atoms with van der Waals surface area (Å²) in [7, 11) is 0. The summed E-state index contributed by atoms with van der Waals surface area (Å²) >= 11 is 4.55. The maximum atomic E-state index is 12.7. The predicted octanol–water partition coefficient (Wildman–Crippen LogP) is 3.86. The van der Waals surface area contributed by atoms with Crippen LogP contribution in [0.3, 0.4) is 0 Å². The summed E-state index contributed by atoms with van der Waals surface area (Å²) in [5.41, 5.74) is 0.709. The lowest BCUT2D eigenvalue weighted by Gasteiger charge is -2.35. The monoisotopic (exact) mass is 651 g/mol. The zero-order valence-corrected chi connectivity index (χ0v) is 22.2. The Morgan fingerprint density at radius 3 is 2.35 bits per heavy atom. The van der Waals surface area contributed by atoms with Gasteiger partial charge in [-0.15, -0.1) is 0 Å². The highest BCUT2D eigenvalue weighted by atomic mass is 127. The molecule has 0 unspecified atom stereocenters. The van der Waals surface area contributed by atoms with Crippen LogP contribution in [0.15, 0.2) is 35.3 Å².